The molecule has 1 heterocycles. The average molecular weight is 175 g/mol. The lowest BCUT2D eigenvalue weighted by atomic mass is 10.2. The predicted octanol–water partition coefficient (Wildman–Crippen LogP) is 1.25. The highest BCUT2D eigenvalue weighted by Crippen LogP contribution is 2.13. The lowest BCUT2D eigenvalue weighted by Crippen LogP contribution is -2.03. The van der Waals surface area contributed by atoms with Crippen LogP contribution < -0.4 is 0 Å². The minimum Gasteiger partial charge on any atom is -0.340 e. The molecule has 0 aliphatic heterocycles. The fraction of sp³-hybridized carbons (Fsp3) is 0.500. The van der Waals surface area contributed by atoms with Crippen molar-refractivity contribution in [2.24, 2.45) is 0 Å². The molecule has 0 N–H and O–H groups in total. The zero-order chi connectivity index (χ0) is 8.43. The van der Waals surface area contributed by atoms with E-state index in [1.54, 1.807) is 13.8 Å². The second-order valence-corrected chi connectivity index (χ2v) is 2.57. The molecule has 60 valence electrons. The van der Waals surface area contributed by atoms with Crippen molar-refractivity contribution in [3.05, 3.63) is 11.7 Å². The van der Waals surface area contributed by atoms with Crippen LogP contribution in [0.4, 0.5) is 0 Å². The molecule has 4 nitrogen and oxygen atoms in total. The minimum atomic E-state index is -0.492. The van der Waals surface area contributed by atoms with Crippen molar-refractivity contribution in [2.45, 2.75) is 19.8 Å². The number of carbonyl (C=O) groups is 1. The Kier molecular flexibility index (Phi) is 2.24. The molecule has 5 heteroatoms. The molecule has 1 rings (SSSR count). The normalized spacial score (nSPS) is 13.0. The average Bonchev–Trinajstić information content (AvgIpc) is 2.34. The van der Waals surface area contributed by atoms with Crippen LogP contribution in [0.1, 0.15) is 24.6 Å². The molecule has 1 aromatic heterocycles. The van der Waals surface area contributed by atoms with Gasteiger partial charge in [0.2, 0.25) is 11.1 Å². The SMILES string of the molecule is Cc1nc(C(C)C(=O)Cl)no1. The van der Waals surface area contributed by atoms with Crippen LogP contribution in [0.25, 0.3) is 0 Å². The Morgan fingerprint density at radius 1 is 1.73 bits per heavy atom. The van der Waals surface area contributed by atoms with E-state index in [0.717, 1.165) is 0 Å². The summed E-state index contributed by atoms with van der Waals surface area (Å²) in [5.74, 6) is 0.279. The molecule has 1 aromatic rings. The van der Waals surface area contributed by atoms with Gasteiger partial charge in [-0.05, 0) is 18.5 Å². The van der Waals surface area contributed by atoms with Gasteiger partial charge in [-0.3, -0.25) is 4.79 Å². The van der Waals surface area contributed by atoms with E-state index in [9.17, 15) is 4.79 Å². The molecule has 0 bridgehead atoms. The highest BCUT2D eigenvalue weighted by atomic mass is 35.5. The summed E-state index contributed by atoms with van der Waals surface area (Å²) >= 11 is 5.21. The van der Waals surface area contributed by atoms with Gasteiger partial charge in [0.1, 0.15) is 0 Å². The van der Waals surface area contributed by atoms with Crippen LogP contribution in [0, 0.1) is 6.92 Å². The van der Waals surface area contributed by atoms with E-state index >= 15 is 0 Å². The first-order chi connectivity index (χ1) is 5.11. The van der Waals surface area contributed by atoms with Crippen LogP contribution in [0.15, 0.2) is 4.52 Å². The van der Waals surface area contributed by atoms with Crippen LogP contribution in [-0.2, 0) is 4.79 Å². The first-order valence-electron chi connectivity index (χ1n) is 3.11. The maximum absolute atomic E-state index is 10.6. The Morgan fingerprint density at radius 3 is 2.73 bits per heavy atom. The number of nitrogens with zero attached hydrogens (tertiary/aromatic N) is 2. The maximum atomic E-state index is 10.6. The molecule has 11 heavy (non-hydrogen) atoms. The number of hydrogen-bond donors (Lipinski definition) is 0. The molecule has 0 saturated carbocycles. The third-order valence-electron chi connectivity index (χ3n) is 1.27. The quantitative estimate of drug-likeness (QED) is 0.634. The van der Waals surface area contributed by atoms with Crippen LogP contribution in [0.2, 0.25) is 0 Å². The summed E-state index contributed by atoms with van der Waals surface area (Å²) in [5, 5.41) is 3.06. The van der Waals surface area contributed by atoms with Gasteiger partial charge in [0.05, 0.1) is 5.92 Å². The van der Waals surface area contributed by atoms with E-state index in [2.05, 4.69) is 14.7 Å². The van der Waals surface area contributed by atoms with E-state index in [4.69, 9.17) is 11.6 Å². The summed E-state index contributed by atoms with van der Waals surface area (Å²) in [6.07, 6.45) is 0. The van der Waals surface area contributed by atoms with Crippen LogP contribution >= 0.6 is 11.6 Å². The Balaban J connectivity index is 2.84. The second-order valence-electron chi connectivity index (χ2n) is 2.20. The Hall–Kier alpha value is -0.900. The van der Waals surface area contributed by atoms with Gasteiger partial charge in [-0.15, -0.1) is 0 Å². The minimum absolute atomic E-state index is 0.336. The number of carbonyl (C=O) groups excluding carboxylic acids is 1. The monoisotopic (exact) mass is 174 g/mol. The second kappa shape index (κ2) is 3.00. The molecular formula is C6H7ClN2O2. The van der Waals surface area contributed by atoms with Gasteiger partial charge in [-0.2, -0.15) is 4.98 Å². The first kappa shape index (κ1) is 8.20. The van der Waals surface area contributed by atoms with Gasteiger partial charge >= 0.3 is 0 Å². The van der Waals surface area contributed by atoms with Crippen molar-refractivity contribution < 1.29 is 9.32 Å². The largest absolute Gasteiger partial charge is 0.340 e. The summed E-state index contributed by atoms with van der Waals surface area (Å²) in [5.41, 5.74) is 0. The highest BCUT2D eigenvalue weighted by Gasteiger charge is 2.17. The third-order valence-corrected chi connectivity index (χ3v) is 1.60. The molecule has 0 radical (unpaired) electrons. The third kappa shape index (κ3) is 1.77. The van der Waals surface area contributed by atoms with Crippen molar-refractivity contribution >= 4 is 16.8 Å². The fourth-order valence-corrected chi connectivity index (χ4v) is 0.690. The Labute approximate surface area is 68.5 Å². The van der Waals surface area contributed by atoms with Crippen LogP contribution in [0.3, 0.4) is 0 Å². The van der Waals surface area contributed by atoms with E-state index in [-0.39, 0.29) is 0 Å². The van der Waals surface area contributed by atoms with Gasteiger partial charge < -0.3 is 4.52 Å². The van der Waals surface area contributed by atoms with Gasteiger partial charge in [-0.25, -0.2) is 0 Å². The Morgan fingerprint density at radius 2 is 2.36 bits per heavy atom. The Bertz CT molecular complexity index is 271. The molecule has 0 aliphatic rings. The maximum Gasteiger partial charge on any atom is 0.232 e. The number of halogens is 1. The van der Waals surface area contributed by atoms with E-state index in [1.807, 2.05) is 0 Å². The number of hydrogen-bond acceptors (Lipinski definition) is 4. The molecule has 0 spiro atoms. The van der Waals surface area contributed by atoms with Crippen molar-refractivity contribution in [3.8, 4) is 0 Å². The molecule has 1 atom stereocenters. The summed E-state index contributed by atoms with van der Waals surface area (Å²) in [7, 11) is 0. The van der Waals surface area contributed by atoms with Crippen molar-refractivity contribution in [3.63, 3.8) is 0 Å². The molecule has 0 aromatic carbocycles. The number of aromatic nitrogens is 2. The topological polar surface area (TPSA) is 56.0 Å². The number of aryl methyl sites for hydroxylation is 1. The van der Waals surface area contributed by atoms with E-state index in [1.165, 1.54) is 0 Å². The molecule has 0 fully saturated rings. The number of rotatable bonds is 2. The molecule has 0 saturated heterocycles. The summed E-state index contributed by atoms with van der Waals surface area (Å²) in [6.45, 7) is 3.28. The summed E-state index contributed by atoms with van der Waals surface area (Å²) in [4.78, 5) is 14.4. The van der Waals surface area contributed by atoms with Crippen molar-refractivity contribution in [1.82, 2.24) is 10.1 Å². The summed E-state index contributed by atoms with van der Waals surface area (Å²) in [6, 6.07) is 0. The van der Waals surface area contributed by atoms with Crippen molar-refractivity contribution in [2.75, 3.05) is 0 Å². The van der Waals surface area contributed by atoms with Crippen LogP contribution in [0.5, 0.6) is 0 Å². The predicted molar refractivity (Wildman–Crippen MR) is 38.3 cm³/mol. The molecule has 0 amide bonds. The van der Waals surface area contributed by atoms with Gasteiger partial charge in [-0.1, -0.05) is 5.16 Å². The fourth-order valence-electron chi connectivity index (χ4n) is 0.592. The lowest BCUT2D eigenvalue weighted by molar-refractivity contribution is -0.112. The van der Waals surface area contributed by atoms with Gasteiger partial charge in [0.25, 0.3) is 0 Å². The van der Waals surface area contributed by atoms with Crippen molar-refractivity contribution in [1.29, 1.82) is 0 Å². The van der Waals surface area contributed by atoms with E-state index < -0.39 is 11.2 Å². The molecular weight excluding hydrogens is 168 g/mol. The zero-order valence-electron chi connectivity index (χ0n) is 6.17. The standard InChI is InChI=1S/C6H7ClN2O2/c1-3(5(7)10)6-8-4(2)11-9-6/h3H,1-2H3. The van der Waals surface area contributed by atoms with Gasteiger partial charge in [0, 0.05) is 6.92 Å². The first-order valence-corrected chi connectivity index (χ1v) is 3.48. The van der Waals surface area contributed by atoms with E-state index in [0.29, 0.717) is 11.7 Å². The molecule has 0 aliphatic carbocycles. The van der Waals surface area contributed by atoms with Gasteiger partial charge in [0.15, 0.2) is 5.82 Å². The molecule has 1 unspecified atom stereocenters. The lowest BCUT2D eigenvalue weighted by Gasteiger charge is -1.95. The smallest absolute Gasteiger partial charge is 0.232 e. The highest BCUT2D eigenvalue weighted by molar-refractivity contribution is 6.64. The zero-order valence-corrected chi connectivity index (χ0v) is 6.92. The van der Waals surface area contributed by atoms with Crippen LogP contribution in [-0.4, -0.2) is 15.4 Å². The summed E-state index contributed by atoms with van der Waals surface area (Å²) < 4.78 is 4.66.